The highest BCUT2D eigenvalue weighted by molar-refractivity contribution is 7.89. The van der Waals surface area contributed by atoms with Gasteiger partial charge in [-0.05, 0) is 30.7 Å². The number of rotatable bonds is 3. The number of benzene rings is 1. The summed E-state index contributed by atoms with van der Waals surface area (Å²) in [5.74, 6) is -1.03. The third kappa shape index (κ3) is 3.31. The Balaban J connectivity index is 2.15. The summed E-state index contributed by atoms with van der Waals surface area (Å²) >= 11 is 5.68. The molecule has 2 N–H and O–H groups in total. The van der Waals surface area contributed by atoms with Crippen molar-refractivity contribution in [3.63, 3.8) is 0 Å². The lowest BCUT2D eigenvalue weighted by molar-refractivity contribution is -0.134. The quantitative estimate of drug-likeness (QED) is 0.792. The van der Waals surface area contributed by atoms with Crippen LogP contribution in [0.1, 0.15) is 12.8 Å². The second-order valence-electron chi connectivity index (χ2n) is 4.08. The topological polar surface area (TPSA) is 92.3 Å². The van der Waals surface area contributed by atoms with E-state index >= 15 is 0 Å². The summed E-state index contributed by atoms with van der Waals surface area (Å²) in [4.78, 5) is 22.5. The molecule has 1 aromatic carbocycles. The molecule has 6 nitrogen and oxygen atoms in total. The zero-order valence-electron chi connectivity index (χ0n) is 9.72. The van der Waals surface area contributed by atoms with E-state index in [2.05, 4.69) is 10.0 Å². The van der Waals surface area contributed by atoms with Gasteiger partial charge in [-0.25, -0.2) is 8.42 Å². The van der Waals surface area contributed by atoms with Crippen molar-refractivity contribution in [1.82, 2.24) is 10.0 Å². The molecule has 1 saturated heterocycles. The summed E-state index contributed by atoms with van der Waals surface area (Å²) in [5, 5.41) is 2.50. The summed E-state index contributed by atoms with van der Waals surface area (Å²) in [7, 11) is -3.81. The number of imide groups is 1. The van der Waals surface area contributed by atoms with Gasteiger partial charge in [0, 0.05) is 11.4 Å². The first-order valence-corrected chi connectivity index (χ1v) is 7.36. The van der Waals surface area contributed by atoms with Crippen LogP contribution in [0.2, 0.25) is 5.02 Å². The van der Waals surface area contributed by atoms with Crippen molar-refractivity contribution >= 4 is 33.4 Å². The van der Waals surface area contributed by atoms with Crippen LogP contribution in [0.5, 0.6) is 0 Å². The first-order valence-electron chi connectivity index (χ1n) is 5.50. The molecule has 1 unspecified atom stereocenters. The number of carbonyl (C=O) groups excluding carboxylic acids is 2. The maximum atomic E-state index is 12.0. The molecule has 1 atom stereocenters. The Morgan fingerprint density at radius 2 is 1.84 bits per heavy atom. The van der Waals surface area contributed by atoms with Crippen molar-refractivity contribution in [1.29, 1.82) is 0 Å². The molecule has 1 aromatic rings. The van der Waals surface area contributed by atoms with Crippen LogP contribution in [0.25, 0.3) is 0 Å². The predicted octanol–water partition coefficient (Wildman–Crippen LogP) is 0.424. The highest BCUT2D eigenvalue weighted by Gasteiger charge is 2.30. The third-order valence-electron chi connectivity index (χ3n) is 2.66. The van der Waals surface area contributed by atoms with E-state index in [4.69, 9.17) is 11.6 Å². The molecule has 1 heterocycles. The molecule has 1 fully saturated rings. The molecular formula is C11H11ClN2O4S. The molecule has 0 bridgehead atoms. The van der Waals surface area contributed by atoms with Crippen molar-refractivity contribution in [2.24, 2.45) is 0 Å². The molecule has 19 heavy (non-hydrogen) atoms. The maximum absolute atomic E-state index is 12.0. The van der Waals surface area contributed by atoms with Crippen LogP contribution >= 0.6 is 11.6 Å². The van der Waals surface area contributed by atoms with E-state index in [1.54, 1.807) is 0 Å². The van der Waals surface area contributed by atoms with Crippen LogP contribution < -0.4 is 10.0 Å². The number of nitrogens with one attached hydrogen (secondary N) is 2. The Kier molecular flexibility index (Phi) is 3.88. The fraction of sp³-hybridized carbons (Fsp3) is 0.273. The van der Waals surface area contributed by atoms with Crippen molar-refractivity contribution in [2.45, 2.75) is 23.8 Å². The van der Waals surface area contributed by atoms with E-state index in [0.717, 1.165) is 0 Å². The fourth-order valence-electron chi connectivity index (χ4n) is 1.68. The molecule has 8 heteroatoms. The number of hydrogen-bond donors (Lipinski definition) is 2. The molecular weight excluding hydrogens is 292 g/mol. The average Bonchev–Trinajstić information content (AvgIpc) is 2.33. The standard InChI is InChI=1S/C11H11ClN2O4S/c12-7-1-3-8(4-2-7)19(17,18)14-9-5-6-10(15)13-11(9)16/h1-4,9,14H,5-6H2,(H,13,15,16). The number of carbonyl (C=O) groups is 2. The van der Waals surface area contributed by atoms with Gasteiger partial charge in [0.1, 0.15) is 6.04 Å². The van der Waals surface area contributed by atoms with Gasteiger partial charge in [0.05, 0.1) is 4.90 Å². The van der Waals surface area contributed by atoms with Crippen molar-refractivity contribution in [2.75, 3.05) is 0 Å². The zero-order chi connectivity index (χ0) is 14.0. The van der Waals surface area contributed by atoms with Gasteiger partial charge in [-0.2, -0.15) is 4.72 Å². The zero-order valence-corrected chi connectivity index (χ0v) is 11.3. The van der Waals surface area contributed by atoms with Gasteiger partial charge < -0.3 is 0 Å². The van der Waals surface area contributed by atoms with Crippen LogP contribution in [0.3, 0.4) is 0 Å². The smallest absolute Gasteiger partial charge is 0.244 e. The fourth-order valence-corrected chi connectivity index (χ4v) is 3.03. The minimum Gasteiger partial charge on any atom is -0.295 e. The van der Waals surface area contributed by atoms with Crippen molar-refractivity contribution in [3.05, 3.63) is 29.3 Å². The van der Waals surface area contributed by atoms with Gasteiger partial charge in [-0.15, -0.1) is 0 Å². The Morgan fingerprint density at radius 1 is 1.21 bits per heavy atom. The number of halogens is 1. The largest absolute Gasteiger partial charge is 0.295 e. The third-order valence-corrected chi connectivity index (χ3v) is 4.40. The monoisotopic (exact) mass is 302 g/mol. The van der Waals surface area contributed by atoms with E-state index in [-0.39, 0.29) is 17.7 Å². The Labute approximate surface area is 115 Å². The molecule has 0 spiro atoms. The van der Waals surface area contributed by atoms with Crippen LogP contribution in [-0.2, 0) is 19.6 Å². The van der Waals surface area contributed by atoms with Gasteiger partial charge in [-0.1, -0.05) is 11.6 Å². The minimum atomic E-state index is -3.81. The molecule has 0 saturated carbocycles. The predicted molar refractivity (Wildman–Crippen MR) is 67.9 cm³/mol. The average molecular weight is 303 g/mol. The lowest BCUT2D eigenvalue weighted by atomic mass is 10.1. The SMILES string of the molecule is O=C1CCC(NS(=O)(=O)c2ccc(Cl)cc2)C(=O)N1. The highest BCUT2D eigenvalue weighted by atomic mass is 35.5. The number of amides is 2. The van der Waals surface area contributed by atoms with Gasteiger partial charge in [0.25, 0.3) is 0 Å². The molecule has 102 valence electrons. The van der Waals surface area contributed by atoms with Crippen LogP contribution in [0, 0.1) is 0 Å². The van der Waals surface area contributed by atoms with Gasteiger partial charge >= 0.3 is 0 Å². The molecule has 0 radical (unpaired) electrons. The van der Waals surface area contributed by atoms with Crippen LogP contribution in [0.15, 0.2) is 29.2 Å². The first kappa shape index (κ1) is 14.0. The normalized spacial score (nSPS) is 20.2. The molecule has 1 aliphatic heterocycles. The summed E-state index contributed by atoms with van der Waals surface area (Å²) in [6, 6.07) is 4.65. The Bertz CT molecular complexity index is 612. The second kappa shape index (κ2) is 5.28. The van der Waals surface area contributed by atoms with Crippen LogP contribution in [0.4, 0.5) is 0 Å². The highest BCUT2D eigenvalue weighted by Crippen LogP contribution is 2.15. The van der Waals surface area contributed by atoms with E-state index in [1.165, 1.54) is 24.3 Å². The number of hydrogen-bond acceptors (Lipinski definition) is 4. The molecule has 2 amide bonds. The Morgan fingerprint density at radius 3 is 2.42 bits per heavy atom. The summed E-state index contributed by atoms with van der Waals surface area (Å²) in [6.07, 6.45) is 0.261. The van der Waals surface area contributed by atoms with Gasteiger partial charge in [0.15, 0.2) is 0 Å². The second-order valence-corrected chi connectivity index (χ2v) is 6.23. The van der Waals surface area contributed by atoms with Crippen molar-refractivity contribution in [3.8, 4) is 0 Å². The molecule has 0 aromatic heterocycles. The first-order chi connectivity index (χ1) is 8.88. The minimum absolute atomic E-state index is 0.0154. The molecule has 2 rings (SSSR count). The van der Waals surface area contributed by atoms with Gasteiger partial charge in [-0.3, -0.25) is 14.9 Å². The number of piperidine rings is 1. The van der Waals surface area contributed by atoms with Gasteiger partial charge in [0.2, 0.25) is 21.8 Å². The summed E-state index contributed by atoms with van der Waals surface area (Å²) < 4.78 is 26.3. The number of sulfonamides is 1. The van der Waals surface area contributed by atoms with Crippen molar-refractivity contribution < 1.29 is 18.0 Å². The summed E-state index contributed by atoms with van der Waals surface area (Å²) in [6.45, 7) is 0. The lowest BCUT2D eigenvalue weighted by Gasteiger charge is -2.21. The lowest BCUT2D eigenvalue weighted by Crippen LogP contribution is -2.52. The van der Waals surface area contributed by atoms with E-state index in [1.807, 2.05) is 0 Å². The molecule has 0 aliphatic carbocycles. The van der Waals surface area contributed by atoms with E-state index in [0.29, 0.717) is 5.02 Å². The molecule has 1 aliphatic rings. The van der Waals surface area contributed by atoms with Crippen LogP contribution in [-0.4, -0.2) is 26.3 Å². The summed E-state index contributed by atoms with van der Waals surface area (Å²) in [5.41, 5.74) is 0. The van der Waals surface area contributed by atoms with E-state index in [9.17, 15) is 18.0 Å². The maximum Gasteiger partial charge on any atom is 0.244 e. The van der Waals surface area contributed by atoms with E-state index < -0.39 is 27.9 Å². The Hall–Kier alpha value is -1.44.